The zero-order valence-electron chi connectivity index (χ0n) is 10.8. The fourth-order valence-electron chi connectivity index (χ4n) is 3.61. The molecular weight excluding hydrogens is 196 g/mol. The number of nitrogens with two attached hydrogens (primary N) is 1. The smallest absolute Gasteiger partial charge is 0.00420 e. The Morgan fingerprint density at radius 3 is 2.25 bits per heavy atom. The predicted octanol–water partition coefficient (Wildman–Crippen LogP) is 2.63. The monoisotopic (exact) mass is 224 g/mol. The Labute approximate surface area is 101 Å². The molecule has 0 aromatic heterocycles. The number of nitrogens with zero attached hydrogens (tertiary/aromatic N) is 1. The molecule has 0 saturated heterocycles. The van der Waals surface area contributed by atoms with Crippen LogP contribution in [0.4, 0.5) is 0 Å². The number of hydrogen-bond donors (Lipinski definition) is 1. The molecule has 2 saturated carbocycles. The molecule has 2 nitrogen and oxygen atoms in total. The fourth-order valence-corrected chi connectivity index (χ4v) is 3.61. The minimum Gasteiger partial charge on any atom is -0.328 e. The van der Waals surface area contributed by atoms with Crippen LogP contribution in [0.15, 0.2) is 0 Å². The zero-order chi connectivity index (χ0) is 11.4. The van der Waals surface area contributed by atoms with Gasteiger partial charge in [-0.15, -0.1) is 0 Å². The summed E-state index contributed by atoms with van der Waals surface area (Å²) in [5.41, 5.74) is 5.97. The molecule has 2 fully saturated rings. The van der Waals surface area contributed by atoms with Gasteiger partial charge in [-0.1, -0.05) is 19.3 Å². The van der Waals surface area contributed by atoms with Crippen LogP contribution in [-0.4, -0.2) is 31.1 Å². The van der Waals surface area contributed by atoms with Crippen LogP contribution in [-0.2, 0) is 0 Å². The molecule has 0 radical (unpaired) electrons. The van der Waals surface area contributed by atoms with Gasteiger partial charge in [0.05, 0.1) is 0 Å². The highest BCUT2D eigenvalue weighted by Crippen LogP contribution is 2.27. The first-order valence-electron chi connectivity index (χ1n) is 7.18. The van der Waals surface area contributed by atoms with E-state index in [2.05, 4.69) is 11.9 Å². The third-order valence-electron chi connectivity index (χ3n) is 4.45. The molecule has 16 heavy (non-hydrogen) atoms. The minimum atomic E-state index is 0.494. The van der Waals surface area contributed by atoms with Crippen molar-refractivity contribution in [1.29, 1.82) is 0 Å². The second kappa shape index (κ2) is 6.02. The fraction of sp³-hybridized carbons (Fsp3) is 1.00. The number of rotatable bonds is 4. The maximum atomic E-state index is 5.97. The highest BCUT2D eigenvalue weighted by molar-refractivity contribution is 4.80. The molecule has 0 aliphatic heterocycles. The molecule has 0 aromatic carbocycles. The quantitative estimate of drug-likeness (QED) is 0.795. The lowest BCUT2D eigenvalue weighted by Gasteiger charge is -2.28. The summed E-state index contributed by atoms with van der Waals surface area (Å²) in [6, 6.07) is 0.494. The van der Waals surface area contributed by atoms with Gasteiger partial charge in [-0.25, -0.2) is 0 Å². The molecule has 2 N–H and O–H groups in total. The van der Waals surface area contributed by atoms with E-state index < -0.39 is 0 Å². The first-order chi connectivity index (χ1) is 7.74. The second-order valence-electron chi connectivity index (χ2n) is 6.16. The Morgan fingerprint density at radius 2 is 1.62 bits per heavy atom. The van der Waals surface area contributed by atoms with Gasteiger partial charge < -0.3 is 10.6 Å². The van der Waals surface area contributed by atoms with Gasteiger partial charge >= 0.3 is 0 Å². The van der Waals surface area contributed by atoms with E-state index in [4.69, 9.17) is 5.73 Å². The van der Waals surface area contributed by atoms with E-state index in [9.17, 15) is 0 Å². The van der Waals surface area contributed by atoms with Crippen LogP contribution in [0.2, 0.25) is 0 Å². The summed E-state index contributed by atoms with van der Waals surface area (Å²) in [5.74, 6) is 1.86. The molecule has 94 valence electrons. The largest absolute Gasteiger partial charge is 0.328 e. The van der Waals surface area contributed by atoms with Crippen molar-refractivity contribution in [2.75, 3.05) is 20.1 Å². The van der Waals surface area contributed by atoms with Gasteiger partial charge in [0.15, 0.2) is 0 Å². The van der Waals surface area contributed by atoms with E-state index in [1.54, 1.807) is 0 Å². The van der Waals surface area contributed by atoms with Crippen LogP contribution in [0.1, 0.15) is 51.4 Å². The summed E-state index contributed by atoms with van der Waals surface area (Å²) in [7, 11) is 2.30. The SMILES string of the molecule is CN(CC1CCCCC1)CC1CCC(N)C1. The number of hydrogen-bond acceptors (Lipinski definition) is 2. The van der Waals surface area contributed by atoms with Crippen molar-refractivity contribution in [3.63, 3.8) is 0 Å². The summed E-state index contributed by atoms with van der Waals surface area (Å²) in [6.07, 6.45) is 11.2. The second-order valence-corrected chi connectivity index (χ2v) is 6.16. The Balaban J connectivity index is 1.65. The minimum absolute atomic E-state index is 0.494. The molecule has 2 unspecified atom stereocenters. The maximum absolute atomic E-state index is 5.97. The highest BCUT2D eigenvalue weighted by atomic mass is 15.1. The Bertz CT molecular complexity index is 192. The third kappa shape index (κ3) is 3.74. The molecule has 0 bridgehead atoms. The van der Waals surface area contributed by atoms with E-state index in [1.807, 2.05) is 0 Å². The van der Waals surface area contributed by atoms with Crippen molar-refractivity contribution in [3.05, 3.63) is 0 Å². The molecule has 0 heterocycles. The Hall–Kier alpha value is -0.0800. The lowest BCUT2D eigenvalue weighted by molar-refractivity contribution is 0.208. The Morgan fingerprint density at radius 1 is 0.938 bits per heavy atom. The summed E-state index contributed by atoms with van der Waals surface area (Å²) >= 11 is 0. The van der Waals surface area contributed by atoms with E-state index in [0.717, 1.165) is 11.8 Å². The average molecular weight is 224 g/mol. The van der Waals surface area contributed by atoms with E-state index >= 15 is 0 Å². The lowest BCUT2D eigenvalue weighted by Crippen LogP contribution is -2.31. The van der Waals surface area contributed by atoms with Crippen molar-refractivity contribution in [3.8, 4) is 0 Å². The Kier molecular flexibility index (Phi) is 4.66. The van der Waals surface area contributed by atoms with Gasteiger partial charge in [-0.05, 0) is 51.0 Å². The average Bonchev–Trinajstić information content (AvgIpc) is 2.65. The third-order valence-corrected chi connectivity index (χ3v) is 4.45. The van der Waals surface area contributed by atoms with Crippen LogP contribution < -0.4 is 5.73 Å². The van der Waals surface area contributed by atoms with Crippen LogP contribution in [0.25, 0.3) is 0 Å². The van der Waals surface area contributed by atoms with Gasteiger partial charge in [0.2, 0.25) is 0 Å². The van der Waals surface area contributed by atoms with Crippen molar-refractivity contribution in [1.82, 2.24) is 4.90 Å². The molecule has 2 rings (SSSR count). The van der Waals surface area contributed by atoms with Crippen LogP contribution in [0.3, 0.4) is 0 Å². The van der Waals surface area contributed by atoms with Gasteiger partial charge in [0.25, 0.3) is 0 Å². The highest BCUT2D eigenvalue weighted by Gasteiger charge is 2.23. The van der Waals surface area contributed by atoms with Crippen molar-refractivity contribution in [2.24, 2.45) is 17.6 Å². The first kappa shape index (κ1) is 12.4. The summed E-state index contributed by atoms with van der Waals surface area (Å²) in [4.78, 5) is 2.57. The molecule has 2 aliphatic carbocycles. The standard InChI is InChI=1S/C14H28N2/c1-16(10-12-5-3-2-4-6-12)11-13-7-8-14(15)9-13/h12-14H,2-11,15H2,1H3. The van der Waals surface area contributed by atoms with E-state index in [1.165, 1.54) is 64.5 Å². The zero-order valence-corrected chi connectivity index (χ0v) is 10.8. The van der Waals surface area contributed by atoms with E-state index in [0.29, 0.717) is 6.04 Å². The maximum Gasteiger partial charge on any atom is 0.00420 e. The molecule has 0 spiro atoms. The van der Waals surface area contributed by atoms with Gasteiger partial charge in [0.1, 0.15) is 0 Å². The van der Waals surface area contributed by atoms with E-state index in [-0.39, 0.29) is 0 Å². The van der Waals surface area contributed by atoms with Crippen molar-refractivity contribution >= 4 is 0 Å². The first-order valence-corrected chi connectivity index (χ1v) is 7.18. The van der Waals surface area contributed by atoms with Crippen molar-refractivity contribution < 1.29 is 0 Å². The lowest BCUT2D eigenvalue weighted by atomic mass is 9.89. The molecule has 0 aromatic rings. The normalized spacial score (nSPS) is 32.4. The van der Waals surface area contributed by atoms with Gasteiger partial charge in [0, 0.05) is 19.1 Å². The molecule has 2 atom stereocenters. The molecule has 2 heteroatoms. The molecule has 2 aliphatic rings. The van der Waals surface area contributed by atoms with Crippen LogP contribution in [0.5, 0.6) is 0 Å². The molecular formula is C14H28N2. The van der Waals surface area contributed by atoms with Crippen LogP contribution >= 0.6 is 0 Å². The summed E-state index contributed by atoms with van der Waals surface area (Å²) in [6.45, 7) is 2.61. The van der Waals surface area contributed by atoms with Crippen LogP contribution in [0, 0.1) is 11.8 Å². The summed E-state index contributed by atoms with van der Waals surface area (Å²) in [5, 5.41) is 0. The van der Waals surface area contributed by atoms with Gasteiger partial charge in [-0.2, -0.15) is 0 Å². The topological polar surface area (TPSA) is 29.3 Å². The predicted molar refractivity (Wildman–Crippen MR) is 69.4 cm³/mol. The summed E-state index contributed by atoms with van der Waals surface area (Å²) < 4.78 is 0. The van der Waals surface area contributed by atoms with Gasteiger partial charge in [-0.3, -0.25) is 0 Å². The molecule has 0 amide bonds. The van der Waals surface area contributed by atoms with Crippen molar-refractivity contribution in [2.45, 2.75) is 57.4 Å².